The van der Waals surface area contributed by atoms with Gasteiger partial charge in [-0.3, -0.25) is 4.98 Å². The third kappa shape index (κ3) is 1.89. The van der Waals surface area contributed by atoms with Gasteiger partial charge in [-0.2, -0.15) is 0 Å². The molecule has 0 spiro atoms. The fourth-order valence-corrected chi connectivity index (χ4v) is 3.10. The molecule has 1 nitrogen and oxygen atoms in total. The average molecular weight is 413 g/mol. The smallest absolute Gasteiger partial charge is 0.0408 e. The van der Waals surface area contributed by atoms with Gasteiger partial charge in [0.1, 0.15) is 0 Å². The molecular formula is C9H4Br2IN. The zero-order valence-corrected chi connectivity index (χ0v) is 11.7. The molecule has 13 heavy (non-hydrogen) atoms. The Morgan fingerprint density at radius 1 is 1.08 bits per heavy atom. The van der Waals surface area contributed by atoms with Crippen LogP contribution in [0.5, 0.6) is 0 Å². The van der Waals surface area contributed by atoms with Gasteiger partial charge in [0.2, 0.25) is 0 Å². The lowest BCUT2D eigenvalue weighted by molar-refractivity contribution is 1.34. The molecule has 1 aromatic heterocycles. The number of benzene rings is 1. The molecule has 0 unspecified atom stereocenters. The van der Waals surface area contributed by atoms with E-state index >= 15 is 0 Å². The van der Waals surface area contributed by atoms with Gasteiger partial charge in [-0.25, -0.2) is 0 Å². The molecule has 0 fully saturated rings. The number of hydrogen-bond acceptors (Lipinski definition) is 1. The molecule has 0 bridgehead atoms. The normalized spacial score (nSPS) is 10.7. The third-order valence-corrected chi connectivity index (χ3v) is 3.72. The summed E-state index contributed by atoms with van der Waals surface area (Å²) in [5.41, 5.74) is 0. The van der Waals surface area contributed by atoms with E-state index < -0.39 is 0 Å². The minimum absolute atomic E-state index is 1.07. The number of halogens is 3. The molecule has 0 aliphatic rings. The summed E-state index contributed by atoms with van der Waals surface area (Å²) in [4.78, 5) is 4.15. The van der Waals surface area contributed by atoms with Gasteiger partial charge in [-0.05, 0) is 34.7 Å². The molecule has 66 valence electrons. The Hall–Kier alpha value is 0.320. The van der Waals surface area contributed by atoms with Crippen LogP contribution in [-0.2, 0) is 0 Å². The molecule has 0 atom stereocenters. The highest BCUT2D eigenvalue weighted by Gasteiger charge is 2.03. The van der Waals surface area contributed by atoms with Gasteiger partial charge in [0.15, 0.2) is 0 Å². The van der Waals surface area contributed by atoms with Gasteiger partial charge in [0, 0.05) is 35.7 Å². The zero-order valence-electron chi connectivity index (χ0n) is 6.39. The van der Waals surface area contributed by atoms with E-state index in [1.54, 1.807) is 0 Å². The fraction of sp³-hybridized carbons (Fsp3) is 0. The van der Waals surface area contributed by atoms with Crippen LogP contribution in [0.2, 0.25) is 0 Å². The number of nitrogens with zero attached hydrogens (tertiary/aromatic N) is 1. The average Bonchev–Trinajstić information content (AvgIpc) is 2.07. The van der Waals surface area contributed by atoms with Gasteiger partial charge in [0.05, 0.1) is 0 Å². The van der Waals surface area contributed by atoms with Crippen molar-refractivity contribution in [2.75, 3.05) is 0 Å². The molecule has 0 saturated heterocycles. The van der Waals surface area contributed by atoms with Crippen molar-refractivity contribution < 1.29 is 0 Å². The molecule has 4 heteroatoms. The quantitative estimate of drug-likeness (QED) is 0.586. The van der Waals surface area contributed by atoms with Crippen LogP contribution >= 0.6 is 54.5 Å². The number of hydrogen-bond donors (Lipinski definition) is 0. The standard InChI is InChI=1S/C9H4Br2IN/c10-5-1-6-7(8(11)2-5)3-13-4-9(6)12/h1-4H. The van der Waals surface area contributed by atoms with Crippen molar-refractivity contribution in [3.63, 3.8) is 0 Å². The Morgan fingerprint density at radius 2 is 1.85 bits per heavy atom. The molecule has 0 aliphatic heterocycles. The Labute approximate surface area is 106 Å². The molecule has 0 N–H and O–H groups in total. The maximum atomic E-state index is 4.15. The summed E-state index contributed by atoms with van der Waals surface area (Å²) in [6.07, 6.45) is 3.73. The van der Waals surface area contributed by atoms with Gasteiger partial charge < -0.3 is 0 Å². The summed E-state index contributed by atoms with van der Waals surface area (Å²) in [5.74, 6) is 0. The van der Waals surface area contributed by atoms with E-state index in [4.69, 9.17) is 0 Å². The highest BCUT2D eigenvalue weighted by molar-refractivity contribution is 14.1. The van der Waals surface area contributed by atoms with Crippen LogP contribution in [-0.4, -0.2) is 4.98 Å². The van der Waals surface area contributed by atoms with Crippen molar-refractivity contribution in [3.8, 4) is 0 Å². The molecule has 1 heterocycles. The van der Waals surface area contributed by atoms with E-state index in [9.17, 15) is 0 Å². The summed E-state index contributed by atoms with van der Waals surface area (Å²) >= 11 is 9.26. The molecule has 1 aromatic carbocycles. The SMILES string of the molecule is Brc1cc(Br)c2cncc(I)c2c1. The van der Waals surface area contributed by atoms with Crippen molar-refractivity contribution in [1.82, 2.24) is 4.98 Å². The first-order chi connectivity index (χ1) is 6.18. The van der Waals surface area contributed by atoms with E-state index in [0.29, 0.717) is 0 Å². The third-order valence-electron chi connectivity index (χ3n) is 1.74. The zero-order chi connectivity index (χ0) is 9.42. The number of aromatic nitrogens is 1. The van der Waals surface area contributed by atoms with E-state index in [1.165, 1.54) is 5.39 Å². The molecule has 2 rings (SSSR count). The number of fused-ring (bicyclic) bond motifs is 1. The number of pyridine rings is 1. The minimum Gasteiger partial charge on any atom is -0.263 e. The van der Waals surface area contributed by atoms with Gasteiger partial charge in [-0.1, -0.05) is 31.9 Å². The monoisotopic (exact) mass is 411 g/mol. The van der Waals surface area contributed by atoms with Crippen molar-refractivity contribution in [1.29, 1.82) is 0 Å². The first-order valence-electron chi connectivity index (χ1n) is 3.57. The van der Waals surface area contributed by atoms with Crippen molar-refractivity contribution >= 4 is 65.2 Å². The van der Waals surface area contributed by atoms with Gasteiger partial charge in [0.25, 0.3) is 0 Å². The van der Waals surface area contributed by atoms with Crippen molar-refractivity contribution in [2.45, 2.75) is 0 Å². The molecule has 0 radical (unpaired) electrons. The highest BCUT2D eigenvalue weighted by Crippen LogP contribution is 2.30. The summed E-state index contributed by atoms with van der Waals surface area (Å²) in [7, 11) is 0. The van der Waals surface area contributed by atoms with Crippen LogP contribution in [0.15, 0.2) is 33.5 Å². The largest absolute Gasteiger partial charge is 0.263 e. The van der Waals surface area contributed by atoms with Crippen LogP contribution in [0.3, 0.4) is 0 Å². The molecule has 0 aliphatic carbocycles. The Balaban J connectivity index is 2.94. The molecular weight excluding hydrogens is 409 g/mol. The second kappa shape index (κ2) is 3.82. The van der Waals surface area contributed by atoms with E-state index in [1.807, 2.05) is 18.5 Å². The summed E-state index contributed by atoms with van der Waals surface area (Å²) in [5, 5.41) is 2.37. The summed E-state index contributed by atoms with van der Waals surface area (Å²) < 4.78 is 3.32. The first kappa shape index (κ1) is 9.86. The fourth-order valence-electron chi connectivity index (χ4n) is 1.16. The van der Waals surface area contributed by atoms with Crippen LogP contribution in [0.25, 0.3) is 10.8 Å². The summed E-state index contributed by atoms with van der Waals surface area (Å²) in [6, 6.07) is 4.13. The Kier molecular flexibility index (Phi) is 2.90. The Morgan fingerprint density at radius 3 is 2.62 bits per heavy atom. The van der Waals surface area contributed by atoms with Gasteiger partial charge >= 0.3 is 0 Å². The van der Waals surface area contributed by atoms with Crippen LogP contribution < -0.4 is 0 Å². The number of rotatable bonds is 0. The van der Waals surface area contributed by atoms with Crippen LogP contribution in [0, 0.1) is 3.57 Å². The molecule has 0 amide bonds. The van der Waals surface area contributed by atoms with Gasteiger partial charge in [-0.15, -0.1) is 0 Å². The molecule has 2 aromatic rings. The second-order valence-corrected chi connectivity index (χ2v) is 5.54. The lowest BCUT2D eigenvalue weighted by Crippen LogP contribution is -1.82. The predicted octanol–water partition coefficient (Wildman–Crippen LogP) is 4.36. The lowest BCUT2D eigenvalue weighted by atomic mass is 10.2. The first-order valence-corrected chi connectivity index (χ1v) is 6.23. The van der Waals surface area contributed by atoms with Crippen LogP contribution in [0.1, 0.15) is 0 Å². The second-order valence-electron chi connectivity index (χ2n) is 2.60. The maximum Gasteiger partial charge on any atom is 0.0408 e. The Bertz CT molecular complexity index is 470. The maximum absolute atomic E-state index is 4.15. The van der Waals surface area contributed by atoms with E-state index in [2.05, 4.69) is 65.5 Å². The van der Waals surface area contributed by atoms with Crippen molar-refractivity contribution in [2.24, 2.45) is 0 Å². The van der Waals surface area contributed by atoms with Crippen molar-refractivity contribution in [3.05, 3.63) is 37.0 Å². The highest BCUT2D eigenvalue weighted by atomic mass is 127. The van der Waals surface area contributed by atoms with E-state index in [0.717, 1.165) is 17.9 Å². The summed E-state index contributed by atoms with van der Waals surface area (Å²) in [6.45, 7) is 0. The lowest BCUT2D eigenvalue weighted by Gasteiger charge is -2.02. The van der Waals surface area contributed by atoms with E-state index in [-0.39, 0.29) is 0 Å². The minimum atomic E-state index is 1.07. The topological polar surface area (TPSA) is 12.9 Å². The predicted molar refractivity (Wildman–Crippen MR) is 69.9 cm³/mol. The van der Waals surface area contributed by atoms with Crippen LogP contribution in [0.4, 0.5) is 0 Å². The molecule has 0 saturated carbocycles.